The molecule has 0 atom stereocenters. The fraction of sp³-hybridized carbons (Fsp3) is 0.222. The number of hydrogen-bond acceptors (Lipinski definition) is 2. The number of thiocarbonyl (C=S) groups is 1. The Hall–Kier alpha value is -1.09. The van der Waals surface area contributed by atoms with E-state index in [2.05, 4.69) is 0 Å². The monoisotopic (exact) mass is 179 g/mol. The van der Waals surface area contributed by atoms with Crippen molar-refractivity contribution < 1.29 is 4.74 Å². The summed E-state index contributed by atoms with van der Waals surface area (Å²) in [7, 11) is 0. The molecule has 1 aliphatic heterocycles. The van der Waals surface area contributed by atoms with Gasteiger partial charge in [0.1, 0.15) is 10.7 Å². The standard InChI is InChI=1S/C9H9NOS/c10-9(12)7-1-2-8-6(5-7)3-4-11-8/h1-2,5H,3-4H2,(H2,10,12). The molecule has 0 saturated heterocycles. The van der Waals surface area contributed by atoms with Gasteiger partial charge in [0.2, 0.25) is 0 Å². The van der Waals surface area contributed by atoms with Gasteiger partial charge in [0.05, 0.1) is 6.61 Å². The highest BCUT2D eigenvalue weighted by atomic mass is 32.1. The van der Waals surface area contributed by atoms with E-state index in [4.69, 9.17) is 22.7 Å². The van der Waals surface area contributed by atoms with Gasteiger partial charge in [-0.2, -0.15) is 0 Å². The predicted octanol–water partition coefficient (Wildman–Crippen LogP) is 1.26. The Morgan fingerprint density at radius 1 is 1.50 bits per heavy atom. The summed E-state index contributed by atoms with van der Waals surface area (Å²) in [5.74, 6) is 0.968. The fourth-order valence-corrected chi connectivity index (χ4v) is 1.47. The molecule has 0 aliphatic carbocycles. The molecule has 1 heterocycles. The molecule has 0 radical (unpaired) electrons. The first kappa shape index (κ1) is 7.55. The van der Waals surface area contributed by atoms with Crippen molar-refractivity contribution in [3.05, 3.63) is 29.3 Å². The molecule has 0 aromatic heterocycles. The Balaban J connectivity index is 2.45. The van der Waals surface area contributed by atoms with Crippen molar-refractivity contribution in [3.63, 3.8) is 0 Å². The van der Waals surface area contributed by atoms with Gasteiger partial charge < -0.3 is 10.5 Å². The highest BCUT2D eigenvalue weighted by molar-refractivity contribution is 7.80. The van der Waals surface area contributed by atoms with Crippen LogP contribution in [0.15, 0.2) is 18.2 Å². The van der Waals surface area contributed by atoms with Gasteiger partial charge in [-0.25, -0.2) is 0 Å². The molecular formula is C9H9NOS. The summed E-state index contributed by atoms with van der Waals surface area (Å²) in [6.45, 7) is 0.774. The first-order valence-corrected chi connectivity index (χ1v) is 4.24. The van der Waals surface area contributed by atoms with Crippen LogP contribution in [-0.4, -0.2) is 11.6 Å². The van der Waals surface area contributed by atoms with E-state index in [0.29, 0.717) is 4.99 Å². The van der Waals surface area contributed by atoms with E-state index in [1.807, 2.05) is 18.2 Å². The number of benzene rings is 1. The lowest BCUT2D eigenvalue weighted by molar-refractivity contribution is 0.357. The molecule has 0 amide bonds. The highest BCUT2D eigenvalue weighted by Crippen LogP contribution is 2.25. The molecule has 0 bridgehead atoms. The van der Waals surface area contributed by atoms with Crippen LogP contribution < -0.4 is 10.5 Å². The van der Waals surface area contributed by atoms with Gasteiger partial charge >= 0.3 is 0 Å². The number of fused-ring (bicyclic) bond motifs is 1. The van der Waals surface area contributed by atoms with Crippen molar-refractivity contribution in [3.8, 4) is 5.75 Å². The van der Waals surface area contributed by atoms with Crippen molar-refractivity contribution in [2.24, 2.45) is 5.73 Å². The lowest BCUT2D eigenvalue weighted by Crippen LogP contribution is -2.09. The zero-order valence-corrected chi connectivity index (χ0v) is 7.36. The number of rotatable bonds is 1. The fourth-order valence-electron chi connectivity index (χ4n) is 1.34. The van der Waals surface area contributed by atoms with Crippen molar-refractivity contribution in [1.29, 1.82) is 0 Å². The Bertz CT molecular complexity index is 335. The van der Waals surface area contributed by atoms with Crippen molar-refractivity contribution in [1.82, 2.24) is 0 Å². The van der Waals surface area contributed by atoms with Gasteiger partial charge in [-0.05, 0) is 23.8 Å². The maximum absolute atomic E-state index is 5.50. The predicted molar refractivity (Wildman–Crippen MR) is 51.5 cm³/mol. The molecule has 12 heavy (non-hydrogen) atoms. The van der Waals surface area contributed by atoms with Crippen LogP contribution in [0.1, 0.15) is 11.1 Å². The minimum Gasteiger partial charge on any atom is -0.493 e. The summed E-state index contributed by atoms with van der Waals surface area (Å²) in [5.41, 5.74) is 7.63. The third-order valence-electron chi connectivity index (χ3n) is 1.97. The average molecular weight is 179 g/mol. The molecule has 0 saturated carbocycles. The Kier molecular flexibility index (Phi) is 1.73. The van der Waals surface area contributed by atoms with Crippen LogP contribution in [-0.2, 0) is 6.42 Å². The zero-order chi connectivity index (χ0) is 8.55. The molecule has 0 unspecified atom stereocenters. The van der Waals surface area contributed by atoms with Crippen LogP contribution in [0.5, 0.6) is 5.75 Å². The molecule has 2 rings (SSSR count). The summed E-state index contributed by atoms with van der Waals surface area (Å²) in [5, 5.41) is 0. The SMILES string of the molecule is NC(=S)c1ccc2c(c1)CCO2. The molecule has 2 N–H and O–H groups in total. The summed E-state index contributed by atoms with van der Waals surface area (Å²) >= 11 is 4.87. The topological polar surface area (TPSA) is 35.2 Å². The quantitative estimate of drug-likeness (QED) is 0.659. The van der Waals surface area contributed by atoms with Crippen molar-refractivity contribution in [2.75, 3.05) is 6.61 Å². The number of ether oxygens (including phenoxy) is 1. The van der Waals surface area contributed by atoms with Crippen LogP contribution in [0.4, 0.5) is 0 Å². The summed E-state index contributed by atoms with van der Waals surface area (Å²) in [6.07, 6.45) is 0.964. The highest BCUT2D eigenvalue weighted by Gasteiger charge is 2.12. The first-order chi connectivity index (χ1) is 5.77. The Morgan fingerprint density at radius 3 is 3.08 bits per heavy atom. The minimum absolute atomic E-state index is 0.449. The van der Waals surface area contributed by atoms with Crippen LogP contribution in [0.3, 0.4) is 0 Å². The van der Waals surface area contributed by atoms with E-state index in [1.54, 1.807) is 0 Å². The van der Waals surface area contributed by atoms with E-state index in [0.717, 1.165) is 24.3 Å². The lowest BCUT2D eigenvalue weighted by Gasteiger charge is -2.01. The lowest BCUT2D eigenvalue weighted by atomic mass is 10.1. The van der Waals surface area contributed by atoms with Gasteiger partial charge in [0, 0.05) is 12.0 Å². The maximum atomic E-state index is 5.50. The smallest absolute Gasteiger partial charge is 0.122 e. The normalized spacial score (nSPS) is 13.7. The van der Waals surface area contributed by atoms with Gasteiger partial charge in [-0.1, -0.05) is 12.2 Å². The molecule has 1 aliphatic rings. The van der Waals surface area contributed by atoms with Crippen molar-refractivity contribution >= 4 is 17.2 Å². The number of nitrogens with two attached hydrogens (primary N) is 1. The second-order valence-electron chi connectivity index (χ2n) is 2.79. The zero-order valence-electron chi connectivity index (χ0n) is 6.54. The van der Waals surface area contributed by atoms with Crippen molar-refractivity contribution in [2.45, 2.75) is 6.42 Å². The van der Waals surface area contributed by atoms with E-state index in [-0.39, 0.29) is 0 Å². The second-order valence-corrected chi connectivity index (χ2v) is 3.23. The number of hydrogen-bond donors (Lipinski definition) is 1. The Morgan fingerprint density at radius 2 is 2.33 bits per heavy atom. The third kappa shape index (κ3) is 1.16. The van der Waals surface area contributed by atoms with Crippen LogP contribution in [0, 0.1) is 0 Å². The maximum Gasteiger partial charge on any atom is 0.122 e. The van der Waals surface area contributed by atoms with Gasteiger partial charge in [0.25, 0.3) is 0 Å². The third-order valence-corrected chi connectivity index (χ3v) is 2.21. The molecule has 0 fully saturated rings. The van der Waals surface area contributed by atoms with E-state index in [9.17, 15) is 0 Å². The molecule has 0 spiro atoms. The summed E-state index contributed by atoms with van der Waals surface area (Å²) < 4.78 is 5.35. The van der Waals surface area contributed by atoms with Crippen LogP contribution in [0.2, 0.25) is 0 Å². The molecule has 1 aromatic rings. The largest absolute Gasteiger partial charge is 0.493 e. The second kappa shape index (κ2) is 2.75. The summed E-state index contributed by atoms with van der Waals surface area (Å²) in [4.78, 5) is 0.449. The first-order valence-electron chi connectivity index (χ1n) is 3.83. The van der Waals surface area contributed by atoms with Gasteiger partial charge in [0.15, 0.2) is 0 Å². The van der Waals surface area contributed by atoms with E-state index >= 15 is 0 Å². The van der Waals surface area contributed by atoms with Crippen LogP contribution >= 0.6 is 12.2 Å². The van der Waals surface area contributed by atoms with E-state index < -0.39 is 0 Å². The Labute approximate surface area is 76.3 Å². The minimum atomic E-state index is 0.449. The summed E-state index contributed by atoms with van der Waals surface area (Å²) in [6, 6.07) is 5.83. The molecule has 62 valence electrons. The van der Waals surface area contributed by atoms with Crippen LogP contribution in [0.25, 0.3) is 0 Å². The molecule has 1 aromatic carbocycles. The molecule has 2 nitrogen and oxygen atoms in total. The van der Waals surface area contributed by atoms with Gasteiger partial charge in [-0.3, -0.25) is 0 Å². The molecular weight excluding hydrogens is 170 g/mol. The van der Waals surface area contributed by atoms with Gasteiger partial charge in [-0.15, -0.1) is 0 Å². The van der Waals surface area contributed by atoms with E-state index in [1.165, 1.54) is 5.56 Å². The average Bonchev–Trinajstić information content (AvgIpc) is 2.49. The molecule has 3 heteroatoms.